The second kappa shape index (κ2) is 7.80. The second-order valence-corrected chi connectivity index (χ2v) is 7.83. The number of hydrogen-bond acceptors (Lipinski definition) is 5. The lowest BCUT2D eigenvalue weighted by atomic mass is 9.85. The largest absolute Gasteiger partial charge is 0.385 e. The number of rotatable bonds is 4. The molecule has 3 heterocycles. The van der Waals surface area contributed by atoms with Crippen molar-refractivity contribution in [2.75, 3.05) is 13.1 Å². The molecule has 0 aromatic carbocycles. The quantitative estimate of drug-likeness (QED) is 0.914. The van der Waals surface area contributed by atoms with Gasteiger partial charge in [-0.2, -0.15) is 0 Å². The van der Waals surface area contributed by atoms with E-state index in [9.17, 15) is 5.11 Å². The summed E-state index contributed by atoms with van der Waals surface area (Å²) in [4.78, 5) is 15.8. The third kappa shape index (κ3) is 3.94. The van der Waals surface area contributed by atoms with Crippen LogP contribution in [0.1, 0.15) is 67.8 Å². The van der Waals surface area contributed by atoms with Gasteiger partial charge in [-0.1, -0.05) is 25.3 Å². The molecule has 0 bridgehead atoms. The van der Waals surface area contributed by atoms with Gasteiger partial charge in [0.2, 0.25) is 0 Å². The molecule has 1 aliphatic heterocycles. The molecule has 1 N–H and O–H groups in total. The highest BCUT2D eigenvalue weighted by Gasteiger charge is 2.34. The summed E-state index contributed by atoms with van der Waals surface area (Å²) in [7, 11) is 0. The zero-order valence-corrected chi connectivity index (χ0v) is 15.3. The maximum atomic E-state index is 10.9. The van der Waals surface area contributed by atoms with E-state index >= 15 is 0 Å². The predicted octanol–water partition coefficient (Wildman–Crippen LogP) is 3.40. The fourth-order valence-corrected chi connectivity index (χ4v) is 4.28. The topological polar surface area (TPSA) is 62.1 Å². The van der Waals surface area contributed by atoms with Gasteiger partial charge in [0.1, 0.15) is 5.82 Å². The first-order valence-corrected chi connectivity index (χ1v) is 9.89. The van der Waals surface area contributed by atoms with Gasteiger partial charge in [0.25, 0.3) is 0 Å². The molecule has 26 heavy (non-hydrogen) atoms. The number of piperidine rings is 1. The van der Waals surface area contributed by atoms with E-state index in [1.807, 2.05) is 24.5 Å². The zero-order chi connectivity index (χ0) is 17.8. The fourth-order valence-electron chi connectivity index (χ4n) is 4.28. The Morgan fingerprint density at radius 3 is 2.42 bits per heavy atom. The SMILES string of the molecule is OC1(c2cccnc2)CCN(Cc2cnc(C3CCCCC3)nc2)CC1. The Hall–Kier alpha value is -1.85. The molecule has 0 radical (unpaired) electrons. The van der Waals surface area contributed by atoms with Crippen LogP contribution in [0.5, 0.6) is 0 Å². The Kier molecular flexibility index (Phi) is 5.27. The van der Waals surface area contributed by atoms with E-state index in [-0.39, 0.29) is 0 Å². The van der Waals surface area contributed by atoms with Crippen LogP contribution in [0.2, 0.25) is 0 Å². The van der Waals surface area contributed by atoms with Gasteiger partial charge < -0.3 is 5.11 Å². The van der Waals surface area contributed by atoms with Gasteiger partial charge in [-0.05, 0) is 31.7 Å². The van der Waals surface area contributed by atoms with Crippen molar-refractivity contribution in [3.8, 4) is 0 Å². The number of nitrogens with zero attached hydrogens (tertiary/aromatic N) is 4. The molecule has 138 valence electrons. The van der Waals surface area contributed by atoms with Crippen LogP contribution in [0.4, 0.5) is 0 Å². The summed E-state index contributed by atoms with van der Waals surface area (Å²) in [6, 6.07) is 3.87. The molecule has 0 amide bonds. The lowest BCUT2D eigenvalue weighted by molar-refractivity contribution is -0.0280. The van der Waals surface area contributed by atoms with Crippen molar-refractivity contribution in [1.29, 1.82) is 0 Å². The fraction of sp³-hybridized carbons (Fsp3) is 0.571. The molecular formula is C21H28N4O. The van der Waals surface area contributed by atoms with Crippen LogP contribution in [-0.4, -0.2) is 38.0 Å². The minimum absolute atomic E-state index is 0.558. The molecule has 5 nitrogen and oxygen atoms in total. The average molecular weight is 352 g/mol. The van der Waals surface area contributed by atoms with E-state index in [4.69, 9.17) is 0 Å². The van der Waals surface area contributed by atoms with Crippen LogP contribution >= 0.6 is 0 Å². The first-order valence-electron chi connectivity index (χ1n) is 9.89. The molecule has 1 saturated heterocycles. The van der Waals surface area contributed by atoms with Gasteiger partial charge in [0.15, 0.2) is 0 Å². The predicted molar refractivity (Wildman–Crippen MR) is 101 cm³/mol. The molecule has 2 aromatic heterocycles. The van der Waals surface area contributed by atoms with Crippen molar-refractivity contribution >= 4 is 0 Å². The third-order valence-electron chi connectivity index (χ3n) is 5.98. The van der Waals surface area contributed by atoms with Gasteiger partial charge >= 0.3 is 0 Å². The number of hydrogen-bond donors (Lipinski definition) is 1. The van der Waals surface area contributed by atoms with Gasteiger partial charge in [-0.25, -0.2) is 9.97 Å². The van der Waals surface area contributed by atoms with Gasteiger partial charge in [0, 0.05) is 61.5 Å². The van der Waals surface area contributed by atoms with Crippen LogP contribution in [0, 0.1) is 0 Å². The van der Waals surface area contributed by atoms with Crippen molar-refractivity contribution in [3.63, 3.8) is 0 Å². The van der Waals surface area contributed by atoms with Crippen molar-refractivity contribution in [2.24, 2.45) is 0 Å². The highest BCUT2D eigenvalue weighted by Crippen LogP contribution is 2.33. The Morgan fingerprint density at radius 1 is 1.04 bits per heavy atom. The molecule has 2 aromatic rings. The molecule has 1 saturated carbocycles. The summed E-state index contributed by atoms with van der Waals surface area (Å²) in [6.07, 6.45) is 15.4. The molecule has 0 unspecified atom stereocenters. The first kappa shape index (κ1) is 17.6. The lowest BCUT2D eigenvalue weighted by Crippen LogP contribution is -2.42. The maximum Gasteiger partial charge on any atom is 0.131 e. The van der Waals surface area contributed by atoms with E-state index in [1.54, 1.807) is 12.4 Å². The monoisotopic (exact) mass is 352 g/mol. The molecule has 4 rings (SSSR count). The van der Waals surface area contributed by atoms with Crippen molar-refractivity contribution in [1.82, 2.24) is 19.9 Å². The lowest BCUT2D eigenvalue weighted by Gasteiger charge is -2.38. The van der Waals surface area contributed by atoms with Crippen LogP contribution in [0.15, 0.2) is 36.9 Å². The van der Waals surface area contributed by atoms with Crippen LogP contribution in [0.3, 0.4) is 0 Å². The molecule has 1 aliphatic carbocycles. The summed E-state index contributed by atoms with van der Waals surface area (Å²) < 4.78 is 0. The van der Waals surface area contributed by atoms with E-state index in [0.717, 1.165) is 49.4 Å². The summed E-state index contributed by atoms with van der Waals surface area (Å²) in [5, 5.41) is 10.9. The minimum Gasteiger partial charge on any atom is -0.385 e. The summed E-state index contributed by atoms with van der Waals surface area (Å²) in [6.45, 7) is 2.60. The van der Waals surface area contributed by atoms with E-state index < -0.39 is 5.60 Å². The summed E-state index contributed by atoms with van der Waals surface area (Å²) >= 11 is 0. The van der Waals surface area contributed by atoms with Crippen molar-refractivity contribution < 1.29 is 5.11 Å². The van der Waals surface area contributed by atoms with Crippen LogP contribution in [0.25, 0.3) is 0 Å². The molecule has 2 fully saturated rings. The Balaban J connectivity index is 1.33. The van der Waals surface area contributed by atoms with E-state index in [0.29, 0.717) is 5.92 Å². The Bertz CT molecular complexity index is 690. The third-order valence-corrected chi connectivity index (χ3v) is 5.98. The van der Waals surface area contributed by atoms with Gasteiger partial charge in [-0.3, -0.25) is 9.88 Å². The number of aliphatic hydroxyl groups is 1. The summed E-state index contributed by atoms with van der Waals surface area (Å²) in [5.41, 5.74) is 1.35. The van der Waals surface area contributed by atoms with E-state index in [1.165, 1.54) is 32.1 Å². The number of aromatic nitrogens is 3. The van der Waals surface area contributed by atoms with Gasteiger partial charge in [-0.15, -0.1) is 0 Å². The van der Waals surface area contributed by atoms with Crippen LogP contribution < -0.4 is 0 Å². The average Bonchev–Trinajstić information content (AvgIpc) is 2.72. The molecule has 5 heteroatoms. The normalized spacial score (nSPS) is 21.6. The number of pyridine rings is 1. The summed E-state index contributed by atoms with van der Waals surface area (Å²) in [5.74, 6) is 1.58. The smallest absolute Gasteiger partial charge is 0.131 e. The highest BCUT2D eigenvalue weighted by atomic mass is 16.3. The van der Waals surface area contributed by atoms with E-state index in [2.05, 4.69) is 19.9 Å². The van der Waals surface area contributed by atoms with Crippen LogP contribution in [-0.2, 0) is 12.1 Å². The number of likely N-dealkylation sites (tertiary alicyclic amines) is 1. The maximum absolute atomic E-state index is 10.9. The second-order valence-electron chi connectivity index (χ2n) is 7.83. The van der Waals surface area contributed by atoms with Crippen molar-refractivity contribution in [2.45, 2.75) is 63.0 Å². The Morgan fingerprint density at radius 2 is 1.77 bits per heavy atom. The zero-order valence-electron chi connectivity index (χ0n) is 15.3. The molecular weight excluding hydrogens is 324 g/mol. The molecule has 2 aliphatic rings. The Labute approximate surface area is 155 Å². The molecule has 0 spiro atoms. The molecule has 0 atom stereocenters. The first-order chi connectivity index (χ1) is 12.7. The standard InChI is InChI=1S/C21H28N4O/c26-21(19-7-4-10-22-15-19)8-11-25(12-9-21)16-17-13-23-20(24-14-17)18-5-2-1-3-6-18/h4,7,10,13-15,18,26H,1-3,5-6,8-9,11-12,16H2. The highest BCUT2D eigenvalue weighted by molar-refractivity contribution is 5.19. The van der Waals surface area contributed by atoms with Gasteiger partial charge in [0.05, 0.1) is 5.60 Å². The van der Waals surface area contributed by atoms with Crippen molar-refractivity contribution in [3.05, 3.63) is 53.9 Å². The minimum atomic E-state index is -0.744.